The maximum Gasteiger partial charge on any atom is 0.137 e. The van der Waals surface area contributed by atoms with Crippen LogP contribution in [0.3, 0.4) is 0 Å². The third-order valence-electron chi connectivity index (χ3n) is 19.9. The Labute approximate surface area is 497 Å². The largest absolute Gasteiger partial charge is 0.456 e. The number of anilines is 6. The van der Waals surface area contributed by atoms with Gasteiger partial charge in [-0.3, -0.25) is 0 Å². The van der Waals surface area contributed by atoms with Crippen LogP contribution in [0.1, 0.15) is 88.9 Å². The van der Waals surface area contributed by atoms with Gasteiger partial charge < -0.3 is 14.2 Å². The van der Waals surface area contributed by atoms with E-state index in [2.05, 4.69) is 301 Å². The first-order valence-electron chi connectivity index (χ1n) is 30.0. The number of nitrogens with zero attached hydrogens (tertiary/aromatic N) is 2. The molecule has 3 heteroatoms. The summed E-state index contributed by atoms with van der Waals surface area (Å²) in [5, 5.41) is 2.23. The first-order chi connectivity index (χ1) is 41.4. The molecule has 0 atom stereocenters. The van der Waals surface area contributed by atoms with E-state index in [0.29, 0.717) is 0 Å². The van der Waals surface area contributed by atoms with E-state index in [9.17, 15) is 0 Å². The maximum atomic E-state index is 6.62. The lowest BCUT2D eigenvalue weighted by Crippen LogP contribution is -2.26. The summed E-state index contributed by atoms with van der Waals surface area (Å²) in [4.78, 5) is 4.91. The fraction of sp³-hybridized carbons (Fsp3) is 0.122. The Morgan fingerprint density at radius 3 is 1.16 bits per heavy atom. The third kappa shape index (κ3) is 6.96. The van der Waals surface area contributed by atoms with Gasteiger partial charge >= 0.3 is 0 Å². The first-order valence-corrected chi connectivity index (χ1v) is 30.0. The van der Waals surface area contributed by atoms with Crippen LogP contribution in [0.25, 0.3) is 77.6 Å². The molecule has 4 aliphatic carbocycles. The molecule has 1 aromatic heterocycles. The summed E-state index contributed by atoms with van der Waals surface area (Å²) in [6.07, 6.45) is 0. The van der Waals surface area contributed by atoms with E-state index in [1.54, 1.807) is 0 Å². The molecule has 0 fully saturated rings. The molecule has 0 saturated heterocycles. The number of fused-ring (bicyclic) bond motifs is 19. The number of para-hydroxylation sites is 1. The summed E-state index contributed by atoms with van der Waals surface area (Å²) >= 11 is 0. The van der Waals surface area contributed by atoms with Crippen molar-refractivity contribution in [3.8, 4) is 55.6 Å². The van der Waals surface area contributed by atoms with Crippen LogP contribution in [0.4, 0.5) is 34.1 Å². The molecule has 1 spiro atoms. The zero-order valence-electron chi connectivity index (χ0n) is 49.0. The second kappa shape index (κ2) is 17.8. The smallest absolute Gasteiger partial charge is 0.137 e. The van der Waals surface area contributed by atoms with E-state index in [4.69, 9.17) is 4.42 Å². The van der Waals surface area contributed by atoms with Crippen molar-refractivity contribution in [2.75, 3.05) is 9.80 Å². The lowest BCUT2D eigenvalue weighted by Gasteiger charge is -2.32. The van der Waals surface area contributed by atoms with Gasteiger partial charge in [0.15, 0.2) is 0 Å². The van der Waals surface area contributed by atoms with Crippen molar-refractivity contribution in [1.29, 1.82) is 0 Å². The molecule has 4 aliphatic rings. The van der Waals surface area contributed by atoms with Gasteiger partial charge in [-0.15, -0.1) is 0 Å². The first kappa shape index (κ1) is 49.6. The topological polar surface area (TPSA) is 19.6 Å². The molecule has 17 rings (SSSR count). The van der Waals surface area contributed by atoms with Gasteiger partial charge in [-0.1, -0.05) is 203 Å². The summed E-state index contributed by atoms with van der Waals surface area (Å²) in [6.45, 7) is 16.2. The lowest BCUT2D eigenvalue weighted by molar-refractivity contribution is 0.659. The van der Waals surface area contributed by atoms with Gasteiger partial charge in [0, 0.05) is 61.8 Å². The second-order valence-electron chi connectivity index (χ2n) is 25.4. The number of benzene rings is 12. The molecule has 0 unspecified atom stereocenters. The van der Waals surface area contributed by atoms with E-state index >= 15 is 0 Å². The Hall–Kier alpha value is -9.96. The van der Waals surface area contributed by atoms with Gasteiger partial charge in [-0.2, -0.15) is 0 Å². The highest BCUT2D eigenvalue weighted by molar-refractivity contribution is 6.06. The molecule has 0 radical (unpaired) electrons. The molecular formula is C82H62N2O. The van der Waals surface area contributed by atoms with Crippen LogP contribution in [0.5, 0.6) is 0 Å². The van der Waals surface area contributed by atoms with Crippen molar-refractivity contribution in [1.82, 2.24) is 0 Å². The molecule has 406 valence electrons. The van der Waals surface area contributed by atoms with Crippen molar-refractivity contribution in [2.45, 2.75) is 64.7 Å². The van der Waals surface area contributed by atoms with Crippen LogP contribution >= 0.6 is 0 Å². The van der Waals surface area contributed by atoms with Gasteiger partial charge in [-0.05, 0) is 205 Å². The summed E-state index contributed by atoms with van der Waals surface area (Å²) in [5.74, 6) is 0. The highest BCUT2D eigenvalue weighted by Crippen LogP contribution is 2.64. The molecule has 0 saturated carbocycles. The summed E-state index contributed by atoms with van der Waals surface area (Å²) in [7, 11) is 0. The van der Waals surface area contributed by atoms with Gasteiger partial charge in [0.05, 0.1) is 5.41 Å². The van der Waals surface area contributed by atoms with Gasteiger partial charge in [-0.25, -0.2) is 0 Å². The minimum Gasteiger partial charge on any atom is -0.456 e. The molecule has 0 N–H and O–H groups in total. The quantitative estimate of drug-likeness (QED) is 0.159. The molecule has 0 aliphatic heterocycles. The summed E-state index contributed by atoms with van der Waals surface area (Å²) in [6, 6.07) is 93.9. The van der Waals surface area contributed by atoms with Crippen LogP contribution in [0.2, 0.25) is 0 Å². The molecule has 13 aromatic rings. The van der Waals surface area contributed by atoms with Crippen molar-refractivity contribution < 1.29 is 4.42 Å². The number of hydrogen-bond acceptors (Lipinski definition) is 3. The van der Waals surface area contributed by atoms with Gasteiger partial charge in [0.25, 0.3) is 0 Å². The monoisotopic (exact) mass is 1090 g/mol. The van der Waals surface area contributed by atoms with Crippen LogP contribution < -0.4 is 9.80 Å². The Bertz CT molecular complexity index is 4830. The van der Waals surface area contributed by atoms with Crippen molar-refractivity contribution in [3.05, 3.63) is 310 Å². The van der Waals surface area contributed by atoms with Gasteiger partial charge in [0.1, 0.15) is 11.2 Å². The van der Waals surface area contributed by atoms with Crippen molar-refractivity contribution in [3.63, 3.8) is 0 Å². The minimum atomic E-state index is -0.475. The van der Waals surface area contributed by atoms with Gasteiger partial charge in [0.2, 0.25) is 0 Å². The highest BCUT2D eigenvalue weighted by atomic mass is 16.3. The predicted octanol–water partition coefficient (Wildman–Crippen LogP) is 22.1. The third-order valence-corrected chi connectivity index (χ3v) is 19.9. The van der Waals surface area contributed by atoms with Crippen LogP contribution in [0.15, 0.2) is 253 Å². The fourth-order valence-electron chi connectivity index (χ4n) is 15.8. The molecule has 0 amide bonds. The molecular weight excluding hydrogens is 1030 g/mol. The highest BCUT2D eigenvalue weighted by Gasteiger charge is 2.52. The van der Waals surface area contributed by atoms with Crippen molar-refractivity contribution >= 4 is 56.1 Å². The average Bonchev–Trinajstić information content (AvgIpc) is 1.58. The SMILES string of the molecule is Cc1ccc2c(c1)C(C)(C)c1cc(N(c3ccc(-c4ccc(N(c5ccc6c(c5)C5(c7ccccc7-c7ccccc75)c5ccccc5-6)c5ccc6c(c5)oc5ccccc56)cc4)c(C)c3)c3ccc4c(c3)C(C)(C)c3cc(C)ccc3-4)ccc1-2. The van der Waals surface area contributed by atoms with Crippen LogP contribution in [-0.4, -0.2) is 0 Å². The van der Waals surface area contributed by atoms with E-state index in [1.807, 2.05) is 6.07 Å². The van der Waals surface area contributed by atoms with Crippen LogP contribution in [0, 0.1) is 20.8 Å². The van der Waals surface area contributed by atoms with Crippen LogP contribution in [-0.2, 0) is 16.2 Å². The lowest BCUT2D eigenvalue weighted by atomic mass is 9.70. The second-order valence-corrected chi connectivity index (χ2v) is 25.4. The molecule has 12 aromatic carbocycles. The average molecular weight is 1090 g/mol. The minimum absolute atomic E-state index is 0.150. The molecule has 1 heterocycles. The predicted molar refractivity (Wildman–Crippen MR) is 354 cm³/mol. The summed E-state index contributed by atoms with van der Waals surface area (Å²) < 4.78 is 6.62. The Kier molecular flexibility index (Phi) is 10.4. The number of aryl methyl sites for hydroxylation is 3. The maximum absolute atomic E-state index is 6.62. The standard InChI is InChI=1S/C82H62N2O/c1-49-24-35-63-65-38-31-55(45-75(65)80(4,5)73(63)42-49)84(56-32-39-66-64-36-25-50(2)43-74(64)81(6,7)76(66)46-56)54-30-37-59(51(3)44-54)52-26-28-53(29-27-52)83(58-34-41-69-68-19-11-15-23-78(68)85-79(69)48-58)57-33-40-67-62-18-10-14-22-72(62)82(77(67)47-57)70-20-12-8-16-60(70)61-17-9-13-21-71(61)82/h8-48H,1-7H3. The fourth-order valence-corrected chi connectivity index (χ4v) is 15.8. The van der Waals surface area contributed by atoms with E-state index in [1.165, 1.54) is 111 Å². The van der Waals surface area contributed by atoms with E-state index < -0.39 is 5.41 Å². The normalized spacial score (nSPS) is 14.6. The summed E-state index contributed by atoms with van der Waals surface area (Å²) in [5.41, 5.74) is 35.0. The number of furan rings is 1. The molecule has 85 heavy (non-hydrogen) atoms. The van der Waals surface area contributed by atoms with E-state index in [0.717, 1.165) is 61.6 Å². The Morgan fingerprint density at radius 2 is 0.635 bits per heavy atom. The molecule has 3 nitrogen and oxygen atoms in total. The number of hydrogen-bond donors (Lipinski definition) is 0. The Balaban J connectivity index is 0.790. The zero-order valence-corrected chi connectivity index (χ0v) is 49.0. The van der Waals surface area contributed by atoms with Crippen molar-refractivity contribution in [2.24, 2.45) is 0 Å². The number of rotatable bonds is 7. The zero-order chi connectivity index (χ0) is 57.3. The van der Waals surface area contributed by atoms with E-state index in [-0.39, 0.29) is 10.8 Å². The Morgan fingerprint density at radius 1 is 0.271 bits per heavy atom. The molecule has 0 bridgehead atoms.